The first-order valence-electron chi connectivity index (χ1n) is 3.44. The highest BCUT2D eigenvalue weighted by Crippen LogP contribution is 2.79. The molecule has 2 aliphatic rings. The van der Waals surface area contributed by atoms with Gasteiger partial charge in [0.15, 0.2) is 0 Å². The van der Waals surface area contributed by atoms with E-state index in [2.05, 4.69) is 20.8 Å². The van der Waals surface area contributed by atoms with Crippen molar-refractivity contribution >= 4 is 0 Å². The summed E-state index contributed by atoms with van der Waals surface area (Å²) in [4.78, 5) is 0. The molecule has 0 N–H and O–H groups in total. The summed E-state index contributed by atoms with van der Waals surface area (Å²) >= 11 is 0. The summed E-state index contributed by atoms with van der Waals surface area (Å²) in [5, 5.41) is 0. The minimum Gasteiger partial charge on any atom is -0.0588 e. The van der Waals surface area contributed by atoms with Crippen LogP contribution >= 0.6 is 0 Å². The highest BCUT2D eigenvalue weighted by atomic mass is 14.8. The van der Waals surface area contributed by atoms with Crippen LogP contribution in [-0.4, -0.2) is 0 Å². The molecule has 45 valence electrons. The van der Waals surface area contributed by atoms with Crippen molar-refractivity contribution in [2.45, 2.75) is 26.7 Å². The maximum atomic E-state index is 4.18. The molecule has 8 heavy (non-hydrogen) atoms. The second-order valence-electron chi connectivity index (χ2n) is 3.93. The number of rotatable bonds is 0. The van der Waals surface area contributed by atoms with Gasteiger partial charge in [-0.25, -0.2) is 0 Å². The van der Waals surface area contributed by atoms with Crippen molar-refractivity contribution in [3.63, 3.8) is 0 Å². The van der Waals surface area contributed by atoms with Crippen LogP contribution in [-0.2, 0) is 0 Å². The van der Waals surface area contributed by atoms with Crippen LogP contribution in [0.1, 0.15) is 26.7 Å². The number of hydrogen-bond donors (Lipinski definition) is 0. The Bertz CT molecular complexity index is 125. The number of hydrogen-bond acceptors (Lipinski definition) is 0. The molecule has 0 aromatic carbocycles. The molecule has 0 heteroatoms. The van der Waals surface area contributed by atoms with Crippen LogP contribution in [0.15, 0.2) is 0 Å². The zero-order valence-corrected chi connectivity index (χ0v) is 5.70. The molecule has 0 heterocycles. The van der Waals surface area contributed by atoms with Gasteiger partial charge >= 0.3 is 0 Å². The average molecular weight is 109 g/mol. The summed E-state index contributed by atoms with van der Waals surface area (Å²) in [7, 11) is 0. The average Bonchev–Trinajstić information content (AvgIpc) is 1.80. The minimum atomic E-state index is 0.465. The van der Waals surface area contributed by atoms with E-state index in [4.69, 9.17) is 0 Å². The van der Waals surface area contributed by atoms with Crippen LogP contribution in [0.5, 0.6) is 0 Å². The maximum absolute atomic E-state index is 4.18. The van der Waals surface area contributed by atoms with Gasteiger partial charge in [0.25, 0.3) is 0 Å². The van der Waals surface area contributed by atoms with Crippen molar-refractivity contribution in [1.82, 2.24) is 0 Å². The minimum absolute atomic E-state index is 0.465. The van der Waals surface area contributed by atoms with Crippen molar-refractivity contribution in [3.8, 4) is 0 Å². The summed E-state index contributed by atoms with van der Waals surface area (Å²) in [6.45, 7) is 8.84. The molecule has 0 bridgehead atoms. The van der Waals surface area contributed by atoms with Crippen molar-refractivity contribution < 1.29 is 0 Å². The van der Waals surface area contributed by atoms with Gasteiger partial charge in [0.05, 0.1) is 0 Å². The molecule has 2 rings (SSSR count). The maximum Gasteiger partial charge on any atom is -0.0235 e. The topological polar surface area (TPSA) is 0 Å². The lowest BCUT2D eigenvalue weighted by Gasteiger charge is -2.19. The first-order valence-corrected chi connectivity index (χ1v) is 3.44. The fraction of sp³-hybridized carbons (Fsp3) is 0.875. The normalized spacial score (nSPS) is 56.6. The first-order chi connectivity index (χ1) is 3.59. The lowest BCUT2D eigenvalue weighted by atomic mass is 9.86. The van der Waals surface area contributed by atoms with E-state index in [1.807, 2.05) is 0 Å². The molecule has 0 saturated heterocycles. The van der Waals surface area contributed by atoms with Gasteiger partial charge in [0.1, 0.15) is 0 Å². The third-order valence-electron chi connectivity index (χ3n) is 3.71. The van der Waals surface area contributed by atoms with Crippen LogP contribution < -0.4 is 0 Å². The quantitative estimate of drug-likeness (QED) is 0.447. The third kappa shape index (κ3) is 0.240. The molecule has 1 radical (unpaired) electrons. The van der Waals surface area contributed by atoms with Gasteiger partial charge in [-0.05, 0) is 36.5 Å². The van der Waals surface area contributed by atoms with E-state index in [0.717, 1.165) is 5.92 Å². The van der Waals surface area contributed by atoms with E-state index in [1.54, 1.807) is 0 Å². The van der Waals surface area contributed by atoms with E-state index >= 15 is 0 Å². The van der Waals surface area contributed by atoms with Crippen LogP contribution in [0, 0.1) is 23.7 Å². The zero-order chi connectivity index (χ0) is 5.99. The van der Waals surface area contributed by atoms with Gasteiger partial charge in [-0.15, -0.1) is 0 Å². The molecule has 0 nitrogen and oxygen atoms in total. The SMILES string of the molecule is [CH2]C1(C)C2CCC21C. The lowest BCUT2D eigenvalue weighted by Crippen LogP contribution is -2.09. The summed E-state index contributed by atoms with van der Waals surface area (Å²) in [5.41, 5.74) is 1.14. The predicted molar refractivity (Wildman–Crippen MR) is 34.3 cm³/mol. The summed E-state index contributed by atoms with van der Waals surface area (Å²) in [6.07, 6.45) is 2.87. The number of fused-ring (bicyclic) bond motifs is 1. The lowest BCUT2D eigenvalue weighted by molar-refractivity contribution is 0.315. The van der Waals surface area contributed by atoms with Crippen LogP contribution in [0.25, 0.3) is 0 Å². The van der Waals surface area contributed by atoms with Gasteiger partial charge < -0.3 is 0 Å². The molecule has 3 atom stereocenters. The van der Waals surface area contributed by atoms with Gasteiger partial charge in [-0.3, -0.25) is 0 Å². The van der Waals surface area contributed by atoms with E-state index in [9.17, 15) is 0 Å². The van der Waals surface area contributed by atoms with Gasteiger partial charge in [0.2, 0.25) is 0 Å². The fourth-order valence-electron chi connectivity index (χ4n) is 2.40. The molecule has 0 amide bonds. The van der Waals surface area contributed by atoms with Crippen molar-refractivity contribution in [2.24, 2.45) is 16.7 Å². The molecule has 0 aromatic heterocycles. The Morgan fingerprint density at radius 2 is 2.00 bits per heavy atom. The molecule has 2 saturated carbocycles. The Morgan fingerprint density at radius 3 is 2.00 bits per heavy atom. The van der Waals surface area contributed by atoms with Crippen molar-refractivity contribution in [3.05, 3.63) is 6.92 Å². The Labute approximate surface area is 51.3 Å². The van der Waals surface area contributed by atoms with E-state index in [1.165, 1.54) is 12.8 Å². The standard InChI is InChI=1S/C8H13/c1-7(2)6-4-5-8(6,7)3/h6H,1,4-5H2,2-3H3. The Kier molecular flexibility index (Phi) is 0.527. The van der Waals surface area contributed by atoms with Crippen LogP contribution in [0.2, 0.25) is 0 Å². The van der Waals surface area contributed by atoms with Gasteiger partial charge in [-0.2, -0.15) is 0 Å². The van der Waals surface area contributed by atoms with Gasteiger partial charge in [0, 0.05) is 0 Å². The smallest absolute Gasteiger partial charge is 0.0235 e. The van der Waals surface area contributed by atoms with Crippen LogP contribution in [0.4, 0.5) is 0 Å². The van der Waals surface area contributed by atoms with E-state index in [0.29, 0.717) is 10.8 Å². The van der Waals surface area contributed by atoms with Gasteiger partial charge in [-0.1, -0.05) is 13.8 Å². The Hall–Kier alpha value is 0. The second kappa shape index (κ2) is 0.872. The monoisotopic (exact) mass is 109 g/mol. The molecule has 2 fully saturated rings. The first kappa shape index (κ1) is 4.84. The largest absolute Gasteiger partial charge is 0.0588 e. The highest BCUT2D eigenvalue weighted by Gasteiger charge is 2.72. The summed E-state index contributed by atoms with van der Waals surface area (Å²) in [5.74, 6) is 0.981. The summed E-state index contributed by atoms with van der Waals surface area (Å²) in [6, 6.07) is 0. The fourth-order valence-corrected chi connectivity index (χ4v) is 2.40. The molecular weight excluding hydrogens is 96.1 g/mol. The van der Waals surface area contributed by atoms with E-state index < -0.39 is 0 Å². The molecule has 2 aliphatic carbocycles. The molecule has 0 aliphatic heterocycles. The Morgan fingerprint density at radius 1 is 1.50 bits per heavy atom. The Balaban J connectivity index is 2.28. The highest BCUT2D eigenvalue weighted by molar-refractivity contribution is 5.24. The summed E-state index contributed by atoms with van der Waals surface area (Å²) < 4.78 is 0. The van der Waals surface area contributed by atoms with Crippen molar-refractivity contribution in [1.29, 1.82) is 0 Å². The predicted octanol–water partition coefficient (Wildman–Crippen LogP) is 2.26. The third-order valence-corrected chi connectivity index (χ3v) is 3.71. The zero-order valence-electron chi connectivity index (χ0n) is 5.70. The molecule has 3 unspecified atom stereocenters. The van der Waals surface area contributed by atoms with Crippen molar-refractivity contribution in [2.75, 3.05) is 0 Å². The molecule has 0 spiro atoms. The van der Waals surface area contributed by atoms with E-state index in [-0.39, 0.29) is 0 Å². The van der Waals surface area contributed by atoms with Crippen LogP contribution in [0.3, 0.4) is 0 Å². The second-order valence-corrected chi connectivity index (χ2v) is 3.93. The molecular formula is C8H13. The molecule has 0 aromatic rings.